The van der Waals surface area contributed by atoms with E-state index in [2.05, 4.69) is 45.9 Å². The minimum Gasteiger partial charge on any atom is -0.315 e. The fraction of sp³-hybridized carbons (Fsp3) is 0.400. The number of carbonyl (C=O) groups excluding carboxylic acids is 4. The van der Waals surface area contributed by atoms with Gasteiger partial charge < -0.3 is 9.69 Å². The van der Waals surface area contributed by atoms with Crippen LogP contribution in [0, 0.1) is 13.8 Å². The summed E-state index contributed by atoms with van der Waals surface area (Å²) in [7, 11) is 1.77. The summed E-state index contributed by atoms with van der Waals surface area (Å²) in [5, 5.41) is 0. The van der Waals surface area contributed by atoms with Gasteiger partial charge in [-0.1, -0.05) is 52.0 Å². The van der Waals surface area contributed by atoms with Crippen molar-refractivity contribution in [2.45, 2.75) is 72.6 Å². The monoisotopic (exact) mass is 488 g/mol. The van der Waals surface area contributed by atoms with E-state index in [1.165, 1.54) is 17.1 Å². The summed E-state index contributed by atoms with van der Waals surface area (Å²) in [6, 6.07) is 8.42. The number of hydrogen-bond donors (Lipinski definition) is 0. The van der Waals surface area contributed by atoms with Crippen LogP contribution in [0.5, 0.6) is 0 Å². The molecule has 0 aromatic heterocycles. The van der Waals surface area contributed by atoms with E-state index < -0.39 is 0 Å². The maximum atomic E-state index is 12.6. The Kier molecular flexibility index (Phi) is 8.28. The molecule has 1 heterocycles. The molecule has 0 bridgehead atoms. The number of benzene rings is 2. The Bertz CT molecular complexity index is 1220. The molecule has 0 N–H and O–H groups in total. The van der Waals surface area contributed by atoms with Crippen LogP contribution in [0.4, 0.5) is 11.4 Å². The van der Waals surface area contributed by atoms with E-state index in [4.69, 9.17) is 0 Å². The molecule has 0 saturated carbocycles. The van der Waals surface area contributed by atoms with Gasteiger partial charge in [0.1, 0.15) is 6.29 Å². The van der Waals surface area contributed by atoms with Gasteiger partial charge in [-0.25, -0.2) is 4.90 Å². The smallest absolute Gasteiger partial charge is 0.258 e. The molecule has 2 aromatic rings. The van der Waals surface area contributed by atoms with Crippen LogP contribution in [0.1, 0.15) is 85.8 Å². The van der Waals surface area contributed by atoms with Crippen LogP contribution in [-0.2, 0) is 25.6 Å². The Balaban J connectivity index is 2.01. The van der Waals surface area contributed by atoms with Crippen molar-refractivity contribution >= 4 is 35.4 Å². The van der Waals surface area contributed by atoms with Crippen LogP contribution in [-0.4, -0.2) is 31.1 Å². The molecule has 1 aliphatic rings. The van der Waals surface area contributed by atoms with E-state index >= 15 is 0 Å². The summed E-state index contributed by atoms with van der Waals surface area (Å²) in [5.74, 6) is -0.362. The number of nitrogens with zero attached hydrogens (tertiary/aromatic N) is 2. The summed E-state index contributed by atoms with van der Waals surface area (Å²) in [5.41, 5.74) is 7.76. The molecule has 1 aliphatic heterocycles. The van der Waals surface area contributed by atoms with E-state index in [1.54, 1.807) is 11.9 Å². The Morgan fingerprint density at radius 2 is 1.42 bits per heavy atom. The molecular weight excluding hydrogens is 452 g/mol. The minimum absolute atomic E-state index is 0.0758. The highest BCUT2D eigenvalue weighted by atomic mass is 16.2. The first-order valence-corrected chi connectivity index (χ1v) is 12.5. The van der Waals surface area contributed by atoms with Crippen LogP contribution < -0.4 is 9.80 Å². The number of carbonyl (C=O) groups is 4. The van der Waals surface area contributed by atoms with Gasteiger partial charge in [-0.15, -0.1) is 0 Å². The molecule has 0 spiro atoms. The first kappa shape index (κ1) is 27.1. The summed E-state index contributed by atoms with van der Waals surface area (Å²) in [4.78, 5) is 51.1. The Morgan fingerprint density at radius 3 is 1.94 bits per heavy atom. The zero-order chi connectivity index (χ0) is 26.7. The first-order chi connectivity index (χ1) is 17.0. The van der Waals surface area contributed by atoms with Gasteiger partial charge in [0.05, 0.1) is 5.69 Å². The molecular formula is C30H36N2O4. The number of imide groups is 1. The number of amides is 3. The average molecular weight is 489 g/mol. The van der Waals surface area contributed by atoms with Crippen LogP contribution in [0.3, 0.4) is 0 Å². The lowest BCUT2D eigenvalue weighted by Gasteiger charge is -2.26. The normalized spacial score (nSPS) is 13.3. The number of anilines is 2. The highest BCUT2D eigenvalue weighted by Gasteiger charge is 2.29. The fourth-order valence-electron chi connectivity index (χ4n) is 4.95. The topological polar surface area (TPSA) is 74.8 Å². The van der Waals surface area contributed by atoms with Gasteiger partial charge in [-0.2, -0.15) is 0 Å². The second-order valence-corrected chi connectivity index (χ2v) is 10.2. The van der Waals surface area contributed by atoms with E-state index in [0.717, 1.165) is 45.4 Å². The SMILES string of the molecule is Cc1cc(Cc2cc(C)c(N3C(=O)C=CC3=O)c(C(C)C)c2)cc(C(C)C)c1N(C)C(=O)CCC=O. The molecule has 3 rings (SSSR count). The van der Waals surface area contributed by atoms with Gasteiger partial charge in [0.2, 0.25) is 5.91 Å². The van der Waals surface area contributed by atoms with Crippen molar-refractivity contribution in [1.82, 2.24) is 0 Å². The standard InChI is InChI=1S/C30H36N2O4/c1-18(2)24-16-22(13-20(5)29(24)31(7)26(34)9-8-12-33)15-23-14-21(6)30(25(17-23)19(3)4)32-27(35)10-11-28(32)36/h10-14,16-19H,8-9,15H2,1-7H3. The largest absolute Gasteiger partial charge is 0.315 e. The van der Waals surface area contributed by atoms with Gasteiger partial charge in [-0.05, 0) is 65.5 Å². The Morgan fingerprint density at radius 1 is 0.889 bits per heavy atom. The highest BCUT2D eigenvalue weighted by molar-refractivity contribution is 6.28. The zero-order valence-corrected chi connectivity index (χ0v) is 22.3. The lowest BCUT2D eigenvalue weighted by molar-refractivity contribution is -0.120. The number of hydrogen-bond acceptors (Lipinski definition) is 4. The quantitative estimate of drug-likeness (QED) is 0.344. The van der Waals surface area contributed by atoms with Gasteiger partial charge in [0.25, 0.3) is 11.8 Å². The molecule has 0 radical (unpaired) electrons. The predicted octanol–water partition coefficient (Wildman–Crippen LogP) is 5.51. The van der Waals surface area contributed by atoms with Crippen molar-refractivity contribution in [3.63, 3.8) is 0 Å². The predicted molar refractivity (Wildman–Crippen MR) is 144 cm³/mol. The summed E-state index contributed by atoms with van der Waals surface area (Å²) in [6.07, 6.45) is 4.51. The maximum absolute atomic E-state index is 12.6. The van der Waals surface area contributed by atoms with E-state index in [0.29, 0.717) is 12.1 Å². The second-order valence-electron chi connectivity index (χ2n) is 10.2. The van der Waals surface area contributed by atoms with Crippen molar-refractivity contribution in [3.8, 4) is 0 Å². The molecule has 2 aromatic carbocycles. The van der Waals surface area contributed by atoms with Crippen molar-refractivity contribution in [3.05, 3.63) is 69.8 Å². The molecule has 0 unspecified atom stereocenters. The van der Waals surface area contributed by atoms with Crippen LogP contribution in [0.15, 0.2) is 36.4 Å². The third-order valence-corrected chi connectivity index (χ3v) is 6.65. The molecule has 0 saturated heterocycles. The third kappa shape index (κ3) is 5.48. The molecule has 6 nitrogen and oxygen atoms in total. The van der Waals surface area contributed by atoms with E-state index in [9.17, 15) is 19.2 Å². The summed E-state index contributed by atoms with van der Waals surface area (Å²) in [6.45, 7) is 12.3. The zero-order valence-electron chi connectivity index (χ0n) is 22.3. The molecule has 0 atom stereocenters. The minimum atomic E-state index is -0.308. The number of aryl methyl sites for hydroxylation is 2. The Labute approximate surface area is 214 Å². The molecule has 36 heavy (non-hydrogen) atoms. The summed E-state index contributed by atoms with van der Waals surface area (Å²) >= 11 is 0. The van der Waals surface area contributed by atoms with Crippen molar-refractivity contribution in [2.24, 2.45) is 0 Å². The maximum Gasteiger partial charge on any atom is 0.258 e. The third-order valence-electron chi connectivity index (χ3n) is 6.65. The van der Waals surface area contributed by atoms with Crippen molar-refractivity contribution in [2.75, 3.05) is 16.8 Å². The van der Waals surface area contributed by atoms with Crippen LogP contribution in [0.2, 0.25) is 0 Å². The average Bonchev–Trinajstić information content (AvgIpc) is 3.13. The van der Waals surface area contributed by atoms with Gasteiger partial charge in [-0.3, -0.25) is 14.4 Å². The van der Waals surface area contributed by atoms with Crippen LogP contribution >= 0.6 is 0 Å². The molecule has 0 aliphatic carbocycles. The lowest BCUT2D eigenvalue weighted by Crippen LogP contribution is -2.31. The van der Waals surface area contributed by atoms with Crippen molar-refractivity contribution in [1.29, 1.82) is 0 Å². The second kappa shape index (κ2) is 11.0. The highest BCUT2D eigenvalue weighted by Crippen LogP contribution is 2.36. The summed E-state index contributed by atoms with van der Waals surface area (Å²) < 4.78 is 0. The molecule has 3 amide bonds. The first-order valence-electron chi connectivity index (χ1n) is 12.5. The van der Waals surface area contributed by atoms with Gasteiger partial charge in [0.15, 0.2) is 0 Å². The molecule has 6 heteroatoms. The Hall–Kier alpha value is -3.54. The number of rotatable bonds is 9. The lowest BCUT2D eigenvalue weighted by atomic mass is 9.89. The van der Waals surface area contributed by atoms with Crippen LogP contribution in [0.25, 0.3) is 0 Å². The fourth-order valence-corrected chi connectivity index (χ4v) is 4.95. The number of aldehydes is 1. The van der Waals surface area contributed by atoms with E-state index in [-0.39, 0.29) is 42.4 Å². The van der Waals surface area contributed by atoms with Gasteiger partial charge in [0, 0.05) is 37.7 Å². The molecule has 190 valence electrons. The van der Waals surface area contributed by atoms with Gasteiger partial charge >= 0.3 is 0 Å². The van der Waals surface area contributed by atoms with E-state index in [1.807, 2.05) is 19.9 Å². The van der Waals surface area contributed by atoms with Crippen molar-refractivity contribution < 1.29 is 19.2 Å². The molecule has 0 fully saturated rings.